The zero-order valence-corrected chi connectivity index (χ0v) is 12.9. The summed E-state index contributed by atoms with van der Waals surface area (Å²) in [6.07, 6.45) is 2.47. The van der Waals surface area contributed by atoms with E-state index in [1.807, 2.05) is 13.0 Å². The Labute approximate surface area is 121 Å². The quantitative estimate of drug-likeness (QED) is 0.847. The Morgan fingerprint density at radius 3 is 2.80 bits per heavy atom. The minimum Gasteiger partial charge on any atom is -0.378 e. The van der Waals surface area contributed by atoms with Crippen molar-refractivity contribution in [3.63, 3.8) is 0 Å². The highest BCUT2D eigenvalue weighted by molar-refractivity contribution is 5.20. The molecular weight excluding hydrogens is 253 g/mol. The fourth-order valence-corrected chi connectivity index (χ4v) is 3.18. The van der Waals surface area contributed by atoms with Crippen LogP contribution in [0.4, 0.5) is 4.39 Å². The molecular formula is C17H26FNO. The summed E-state index contributed by atoms with van der Waals surface area (Å²) in [6, 6.07) is 7.43. The van der Waals surface area contributed by atoms with Crippen molar-refractivity contribution < 1.29 is 9.13 Å². The molecule has 1 fully saturated rings. The molecule has 1 aliphatic carbocycles. The molecule has 1 aliphatic rings. The molecule has 0 aliphatic heterocycles. The van der Waals surface area contributed by atoms with Crippen molar-refractivity contribution in [2.45, 2.75) is 58.7 Å². The van der Waals surface area contributed by atoms with Crippen LogP contribution in [0.5, 0.6) is 0 Å². The first-order valence-electron chi connectivity index (χ1n) is 7.64. The van der Waals surface area contributed by atoms with Gasteiger partial charge in [-0.2, -0.15) is 0 Å². The number of ether oxygens (including phenoxy) is 1. The van der Waals surface area contributed by atoms with Gasteiger partial charge < -0.3 is 10.1 Å². The highest BCUT2D eigenvalue weighted by atomic mass is 19.1. The van der Waals surface area contributed by atoms with E-state index in [2.05, 4.69) is 26.1 Å². The predicted octanol–water partition coefficient (Wildman–Crippen LogP) is 4.07. The van der Waals surface area contributed by atoms with Gasteiger partial charge in [-0.15, -0.1) is 0 Å². The summed E-state index contributed by atoms with van der Waals surface area (Å²) in [5.41, 5.74) is 1.18. The van der Waals surface area contributed by atoms with E-state index in [4.69, 9.17) is 4.74 Å². The maximum atomic E-state index is 13.3. The van der Waals surface area contributed by atoms with Crippen molar-refractivity contribution in [3.05, 3.63) is 35.6 Å². The molecule has 0 spiro atoms. The van der Waals surface area contributed by atoms with E-state index in [0.29, 0.717) is 12.1 Å². The lowest BCUT2D eigenvalue weighted by Gasteiger charge is -2.54. The van der Waals surface area contributed by atoms with E-state index in [0.717, 1.165) is 25.0 Å². The van der Waals surface area contributed by atoms with Gasteiger partial charge in [-0.05, 0) is 44.4 Å². The molecule has 1 aromatic carbocycles. The third-order valence-corrected chi connectivity index (χ3v) is 4.91. The number of benzene rings is 1. The Morgan fingerprint density at radius 2 is 2.20 bits per heavy atom. The van der Waals surface area contributed by atoms with Gasteiger partial charge in [-0.25, -0.2) is 4.39 Å². The summed E-state index contributed by atoms with van der Waals surface area (Å²) >= 11 is 0. The lowest BCUT2D eigenvalue weighted by molar-refractivity contribution is -0.127. The Morgan fingerprint density at radius 1 is 1.45 bits per heavy atom. The minimum atomic E-state index is -0.171. The fourth-order valence-electron chi connectivity index (χ4n) is 3.18. The molecule has 3 heteroatoms. The van der Waals surface area contributed by atoms with Gasteiger partial charge in [0.2, 0.25) is 0 Å². The van der Waals surface area contributed by atoms with Gasteiger partial charge >= 0.3 is 0 Å². The number of hydrogen-bond acceptors (Lipinski definition) is 2. The van der Waals surface area contributed by atoms with Crippen LogP contribution < -0.4 is 5.32 Å². The van der Waals surface area contributed by atoms with E-state index in [1.165, 1.54) is 6.07 Å². The SMILES string of the molecule is CCOC1CC(NC(C)c2cccc(F)c2)C1(C)CC. The van der Waals surface area contributed by atoms with Crippen molar-refractivity contribution >= 4 is 0 Å². The number of hydrogen-bond donors (Lipinski definition) is 1. The number of halogens is 1. The molecule has 1 aromatic rings. The first-order valence-corrected chi connectivity index (χ1v) is 7.64. The van der Waals surface area contributed by atoms with E-state index in [-0.39, 0.29) is 17.3 Å². The second kappa shape index (κ2) is 6.23. The van der Waals surface area contributed by atoms with Gasteiger partial charge in [0, 0.05) is 24.1 Å². The molecule has 112 valence electrons. The zero-order valence-electron chi connectivity index (χ0n) is 12.9. The fraction of sp³-hybridized carbons (Fsp3) is 0.647. The maximum absolute atomic E-state index is 13.3. The van der Waals surface area contributed by atoms with Crippen molar-refractivity contribution in [2.24, 2.45) is 5.41 Å². The van der Waals surface area contributed by atoms with Crippen molar-refractivity contribution in [1.82, 2.24) is 5.32 Å². The van der Waals surface area contributed by atoms with Crippen molar-refractivity contribution in [3.8, 4) is 0 Å². The molecule has 1 saturated carbocycles. The Balaban J connectivity index is 2.00. The first kappa shape index (κ1) is 15.5. The second-order valence-corrected chi connectivity index (χ2v) is 6.04. The highest BCUT2D eigenvalue weighted by Gasteiger charge is 2.51. The van der Waals surface area contributed by atoms with Crippen LogP contribution in [0.2, 0.25) is 0 Å². The molecule has 4 unspecified atom stereocenters. The Bertz CT molecular complexity index is 450. The van der Waals surface area contributed by atoms with Crippen LogP contribution in [0.25, 0.3) is 0 Å². The van der Waals surface area contributed by atoms with E-state index in [1.54, 1.807) is 12.1 Å². The van der Waals surface area contributed by atoms with E-state index < -0.39 is 0 Å². The van der Waals surface area contributed by atoms with Gasteiger partial charge in [0.25, 0.3) is 0 Å². The largest absolute Gasteiger partial charge is 0.378 e. The van der Waals surface area contributed by atoms with E-state index >= 15 is 0 Å². The van der Waals surface area contributed by atoms with Gasteiger partial charge in [-0.3, -0.25) is 0 Å². The van der Waals surface area contributed by atoms with Crippen LogP contribution in [-0.2, 0) is 4.74 Å². The second-order valence-electron chi connectivity index (χ2n) is 6.04. The highest BCUT2D eigenvalue weighted by Crippen LogP contribution is 2.46. The number of rotatable bonds is 6. The van der Waals surface area contributed by atoms with Gasteiger partial charge in [0.1, 0.15) is 5.82 Å². The maximum Gasteiger partial charge on any atom is 0.123 e. The predicted molar refractivity (Wildman–Crippen MR) is 80.2 cm³/mol. The van der Waals surface area contributed by atoms with Crippen molar-refractivity contribution in [2.75, 3.05) is 6.61 Å². The van der Waals surface area contributed by atoms with Crippen LogP contribution in [0.3, 0.4) is 0 Å². The van der Waals surface area contributed by atoms with Crippen LogP contribution in [0.15, 0.2) is 24.3 Å². The van der Waals surface area contributed by atoms with Crippen LogP contribution >= 0.6 is 0 Å². The summed E-state index contributed by atoms with van der Waals surface area (Å²) < 4.78 is 19.1. The molecule has 0 bridgehead atoms. The van der Waals surface area contributed by atoms with E-state index in [9.17, 15) is 4.39 Å². The zero-order chi connectivity index (χ0) is 14.8. The average molecular weight is 279 g/mol. The van der Waals surface area contributed by atoms with Gasteiger partial charge in [0.15, 0.2) is 0 Å². The van der Waals surface area contributed by atoms with Crippen LogP contribution in [0.1, 0.15) is 52.1 Å². The smallest absolute Gasteiger partial charge is 0.123 e. The minimum absolute atomic E-state index is 0.157. The average Bonchev–Trinajstić information content (AvgIpc) is 2.45. The molecule has 0 saturated heterocycles. The summed E-state index contributed by atoms with van der Waals surface area (Å²) in [6.45, 7) is 9.41. The van der Waals surface area contributed by atoms with Crippen LogP contribution in [0, 0.1) is 11.2 Å². The lowest BCUT2D eigenvalue weighted by Crippen LogP contribution is -2.62. The molecule has 1 N–H and O–H groups in total. The molecule has 2 rings (SSSR count). The Hall–Kier alpha value is -0.930. The summed E-state index contributed by atoms with van der Waals surface area (Å²) in [5.74, 6) is -0.171. The normalized spacial score (nSPS) is 30.9. The molecule has 0 radical (unpaired) electrons. The molecule has 2 nitrogen and oxygen atoms in total. The molecule has 0 amide bonds. The standard InChI is InChI=1S/C17H26FNO/c1-5-17(4)15(11-16(17)20-6-2)19-12(3)13-8-7-9-14(18)10-13/h7-10,12,15-16,19H,5-6,11H2,1-4H3. The van der Waals surface area contributed by atoms with Gasteiger partial charge in [-0.1, -0.05) is 26.0 Å². The van der Waals surface area contributed by atoms with Crippen molar-refractivity contribution in [1.29, 1.82) is 0 Å². The summed E-state index contributed by atoms with van der Waals surface area (Å²) in [4.78, 5) is 0. The monoisotopic (exact) mass is 279 g/mol. The first-order chi connectivity index (χ1) is 9.51. The molecule has 0 heterocycles. The topological polar surface area (TPSA) is 21.3 Å². The molecule has 20 heavy (non-hydrogen) atoms. The van der Waals surface area contributed by atoms with Gasteiger partial charge in [0.05, 0.1) is 6.10 Å². The molecule has 0 aromatic heterocycles. The molecule has 4 atom stereocenters. The lowest BCUT2D eigenvalue weighted by atomic mass is 9.61. The summed E-state index contributed by atoms with van der Waals surface area (Å²) in [5, 5.41) is 3.64. The number of nitrogens with one attached hydrogen (secondary N) is 1. The van der Waals surface area contributed by atoms with Crippen LogP contribution in [-0.4, -0.2) is 18.8 Å². The summed E-state index contributed by atoms with van der Waals surface area (Å²) in [7, 11) is 0. The third-order valence-electron chi connectivity index (χ3n) is 4.91. The third kappa shape index (κ3) is 2.89. The Kier molecular flexibility index (Phi) is 4.82.